The molecule has 1 fully saturated rings. The second-order valence-corrected chi connectivity index (χ2v) is 5.57. The van der Waals surface area contributed by atoms with Crippen LogP contribution in [-0.4, -0.2) is 39.5 Å². The molecule has 5 nitrogen and oxygen atoms in total. The summed E-state index contributed by atoms with van der Waals surface area (Å²) in [6, 6.07) is 8.42. The number of nitrogens with one attached hydrogen (secondary N) is 1. The van der Waals surface area contributed by atoms with Crippen LogP contribution in [-0.2, 0) is 13.6 Å². The number of nitrogens with zero attached hydrogens (tertiary/aromatic N) is 4. The van der Waals surface area contributed by atoms with Crippen LogP contribution in [0.4, 0.5) is 0 Å². The molecule has 1 aromatic heterocycles. The van der Waals surface area contributed by atoms with Crippen LogP contribution in [0.3, 0.4) is 0 Å². The van der Waals surface area contributed by atoms with E-state index in [1.165, 1.54) is 5.56 Å². The highest BCUT2D eigenvalue weighted by Crippen LogP contribution is 2.25. The number of benzene rings is 1. The first-order valence-corrected chi connectivity index (χ1v) is 7.15. The molecule has 0 spiro atoms. The van der Waals surface area contributed by atoms with E-state index in [-0.39, 0.29) is 0 Å². The van der Waals surface area contributed by atoms with Gasteiger partial charge < -0.3 is 5.32 Å². The van der Waals surface area contributed by atoms with E-state index in [1.54, 1.807) is 4.68 Å². The molecule has 20 heavy (non-hydrogen) atoms. The van der Waals surface area contributed by atoms with E-state index < -0.39 is 0 Å². The van der Waals surface area contributed by atoms with E-state index >= 15 is 0 Å². The molecule has 2 heterocycles. The summed E-state index contributed by atoms with van der Waals surface area (Å²) in [6.45, 7) is 3.73. The Morgan fingerprint density at radius 3 is 3.10 bits per heavy atom. The SMILES string of the molecule is Cn1cc(CN2CCNCC2c2cccc(Cl)c2)nn1. The molecular formula is C14H18ClN5. The Bertz CT molecular complexity index is 582. The van der Waals surface area contributed by atoms with Crippen molar-refractivity contribution in [3.05, 3.63) is 46.7 Å². The summed E-state index contributed by atoms with van der Waals surface area (Å²) in [5.41, 5.74) is 2.25. The number of aromatic nitrogens is 3. The fourth-order valence-electron chi connectivity index (χ4n) is 2.65. The molecule has 2 aromatic rings. The topological polar surface area (TPSA) is 46.0 Å². The van der Waals surface area contributed by atoms with Crippen molar-refractivity contribution in [2.75, 3.05) is 19.6 Å². The van der Waals surface area contributed by atoms with Crippen molar-refractivity contribution in [3.8, 4) is 0 Å². The van der Waals surface area contributed by atoms with Gasteiger partial charge in [0.05, 0.1) is 5.69 Å². The van der Waals surface area contributed by atoms with Crippen LogP contribution < -0.4 is 5.32 Å². The molecule has 1 aliphatic heterocycles. The van der Waals surface area contributed by atoms with Gasteiger partial charge in [-0.25, -0.2) is 0 Å². The fraction of sp³-hybridized carbons (Fsp3) is 0.429. The van der Waals surface area contributed by atoms with Crippen LogP contribution >= 0.6 is 11.6 Å². The quantitative estimate of drug-likeness (QED) is 0.933. The van der Waals surface area contributed by atoms with Gasteiger partial charge in [-0.3, -0.25) is 9.58 Å². The number of piperazine rings is 1. The van der Waals surface area contributed by atoms with E-state index in [4.69, 9.17) is 11.6 Å². The van der Waals surface area contributed by atoms with E-state index in [1.807, 2.05) is 31.4 Å². The highest BCUT2D eigenvalue weighted by molar-refractivity contribution is 6.30. The number of halogens is 1. The van der Waals surface area contributed by atoms with Gasteiger partial charge in [-0.1, -0.05) is 28.9 Å². The van der Waals surface area contributed by atoms with Gasteiger partial charge in [0, 0.05) is 50.5 Å². The fourth-order valence-corrected chi connectivity index (χ4v) is 2.85. The minimum Gasteiger partial charge on any atom is -0.314 e. The monoisotopic (exact) mass is 291 g/mol. The summed E-state index contributed by atoms with van der Waals surface area (Å²) < 4.78 is 1.74. The standard InChI is InChI=1S/C14H18ClN5/c1-19-9-13(17-18-19)10-20-6-5-16-8-14(20)11-3-2-4-12(15)7-11/h2-4,7,9,14,16H,5-6,8,10H2,1H3. The van der Waals surface area contributed by atoms with E-state index in [0.717, 1.165) is 36.9 Å². The lowest BCUT2D eigenvalue weighted by molar-refractivity contribution is 0.152. The first kappa shape index (κ1) is 13.5. The first-order chi connectivity index (χ1) is 9.72. The van der Waals surface area contributed by atoms with Crippen LogP contribution in [0, 0.1) is 0 Å². The predicted octanol–water partition coefficient (Wildman–Crippen LogP) is 1.61. The zero-order valence-corrected chi connectivity index (χ0v) is 12.2. The normalized spacial score (nSPS) is 20.2. The maximum Gasteiger partial charge on any atom is 0.0967 e. The third-order valence-electron chi connectivity index (χ3n) is 3.60. The van der Waals surface area contributed by atoms with Crippen molar-refractivity contribution in [2.24, 2.45) is 7.05 Å². The Morgan fingerprint density at radius 2 is 2.35 bits per heavy atom. The average Bonchev–Trinajstić information content (AvgIpc) is 2.85. The van der Waals surface area contributed by atoms with Gasteiger partial charge in [-0.05, 0) is 17.7 Å². The van der Waals surface area contributed by atoms with E-state index in [9.17, 15) is 0 Å². The summed E-state index contributed by atoms with van der Waals surface area (Å²) >= 11 is 6.11. The van der Waals surface area contributed by atoms with Crippen molar-refractivity contribution in [3.63, 3.8) is 0 Å². The molecule has 1 aliphatic rings. The molecule has 1 unspecified atom stereocenters. The summed E-state index contributed by atoms with van der Waals surface area (Å²) in [5, 5.41) is 12.4. The summed E-state index contributed by atoms with van der Waals surface area (Å²) in [5.74, 6) is 0. The van der Waals surface area contributed by atoms with Crippen molar-refractivity contribution in [1.29, 1.82) is 0 Å². The molecule has 1 atom stereocenters. The second-order valence-electron chi connectivity index (χ2n) is 5.13. The molecule has 1 aromatic carbocycles. The van der Waals surface area contributed by atoms with Crippen molar-refractivity contribution in [1.82, 2.24) is 25.2 Å². The van der Waals surface area contributed by atoms with Crippen molar-refractivity contribution < 1.29 is 0 Å². The van der Waals surface area contributed by atoms with E-state index in [2.05, 4.69) is 26.6 Å². The Hall–Kier alpha value is -1.43. The van der Waals surface area contributed by atoms with Crippen LogP contribution in [0.25, 0.3) is 0 Å². The van der Waals surface area contributed by atoms with Crippen LogP contribution in [0.5, 0.6) is 0 Å². The van der Waals surface area contributed by atoms with Gasteiger partial charge in [0.25, 0.3) is 0 Å². The lowest BCUT2D eigenvalue weighted by Gasteiger charge is -2.36. The number of aryl methyl sites for hydroxylation is 1. The zero-order valence-electron chi connectivity index (χ0n) is 11.5. The highest BCUT2D eigenvalue weighted by Gasteiger charge is 2.24. The average molecular weight is 292 g/mol. The summed E-state index contributed by atoms with van der Waals surface area (Å²) in [4.78, 5) is 2.42. The molecule has 6 heteroatoms. The minimum atomic E-state index is 0.324. The van der Waals surface area contributed by atoms with Gasteiger partial charge in [0.15, 0.2) is 0 Å². The van der Waals surface area contributed by atoms with Gasteiger partial charge in [0.1, 0.15) is 0 Å². The molecule has 3 rings (SSSR count). The summed E-state index contributed by atoms with van der Waals surface area (Å²) in [6.07, 6.45) is 1.97. The van der Waals surface area contributed by atoms with Gasteiger partial charge in [-0.2, -0.15) is 0 Å². The second kappa shape index (κ2) is 5.91. The predicted molar refractivity (Wildman–Crippen MR) is 78.5 cm³/mol. The molecule has 0 bridgehead atoms. The van der Waals surface area contributed by atoms with Gasteiger partial charge in [-0.15, -0.1) is 5.10 Å². The molecule has 106 valence electrons. The molecule has 0 amide bonds. The minimum absolute atomic E-state index is 0.324. The number of hydrogen-bond donors (Lipinski definition) is 1. The smallest absolute Gasteiger partial charge is 0.0967 e. The highest BCUT2D eigenvalue weighted by atomic mass is 35.5. The van der Waals surface area contributed by atoms with Gasteiger partial charge in [0.2, 0.25) is 0 Å². The molecule has 0 radical (unpaired) electrons. The Morgan fingerprint density at radius 1 is 1.45 bits per heavy atom. The Kier molecular flexibility index (Phi) is 4.00. The molecule has 1 N–H and O–H groups in total. The number of rotatable bonds is 3. The van der Waals surface area contributed by atoms with Crippen LogP contribution in [0.1, 0.15) is 17.3 Å². The van der Waals surface area contributed by atoms with Crippen LogP contribution in [0.2, 0.25) is 5.02 Å². The number of hydrogen-bond acceptors (Lipinski definition) is 4. The van der Waals surface area contributed by atoms with Crippen molar-refractivity contribution in [2.45, 2.75) is 12.6 Å². The maximum atomic E-state index is 6.11. The van der Waals surface area contributed by atoms with E-state index in [0.29, 0.717) is 6.04 Å². The Labute approximate surface area is 123 Å². The molecule has 1 saturated heterocycles. The summed E-state index contributed by atoms with van der Waals surface area (Å²) in [7, 11) is 1.89. The van der Waals surface area contributed by atoms with Crippen molar-refractivity contribution >= 4 is 11.6 Å². The molecule has 0 aliphatic carbocycles. The third-order valence-corrected chi connectivity index (χ3v) is 3.84. The third kappa shape index (κ3) is 3.00. The van der Waals surface area contributed by atoms with Gasteiger partial charge >= 0.3 is 0 Å². The lowest BCUT2D eigenvalue weighted by Crippen LogP contribution is -2.45. The van der Waals surface area contributed by atoms with Crippen LogP contribution in [0.15, 0.2) is 30.5 Å². The first-order valence-electron chi connectivity index (χ1n) is 6.78. The largest absolute Gasteiger partial charge is 0.314 e. The Balaban J connectivity index is 1.80. The maximum absolute atomic E-state index is 6.11. The molecule has 0 saturated carbocycles. The molecular weight excluding hydrogens is 274 g/mol. The zero-order chi connectivity index (χ0) is 13.9. The lowest BCUT2D eigenvalue weighted by atomic mass is 10.0.